The fourth-order valence-corrected chi connectivity index (χ4v) is 6.21. The summed E-state index contributed by atoms with van der Waals surface area (Å²) in [4.78, 5) is 17.7. The Balaban J connectivity index is 0.00000289. The van der Waals surface area contributed by atoms with E-state index in [0.717, 1.165) is 59.8 Å². The Morgan fingerprint density at radius 2 is 1.69 bits per heavy atom. The molecule has 0 radical (unpaired) electrons. The van der Waals surface area contributed by atoms with Crippen molar-refractivity contribution in [2.24, 2.45) is 5.92 Å². The summed E-state index contributed by atoms with van der Waals surface area (Å²) in [6.07, 6.45) is 1.94. The van der Waals surface area contributed by atoms with Crippen LogP contribution in [-0.4, -0.2) is 49.5 Å². The van der Waals surface area contributed by atoms with Crippen molar-refractivity contribution in [1.82, 2.24) is 0 Å². The lowest BCUT2D eigenvalue weighted by molar-refractivity contribution is -0.946. The average Bonchev–Trinajstić information content (AvgIpc) is 3.29. The maximum Gasteiger partial charge on any atom is 0.415 e. The van der Waals surface area contributed by atoms with Crippen molar-refractivity contribution in [3.63, 3.8) is 0 Å². The van der Waals surface area contributed by atoms with Crippen molar-refractivity contribution in [3.8, 4) is 5.75 Å². The zero-order valence-electron chi connectivity index (χ0n) is 20.1. The standard InChI is InChI=1S/C28H33N2O3S.BrH/c1-22-12-13-26(34-22)20-29(24-8-4-2-5-9-24)28(31)33-27-21-30(16-14-23(27)15-17-30)18-19-32-25-10-6-3-7-11-25;/h2-13,23,27H,14-21H2,1H3;1H/q+1;/p-1/t23?,27-,30?;/m0./s1. The summed E-state index contributed by atoms with van der Waals surface area (Å²) >= 11 is 1.73. The molecular formula is C28H33BrN2O3S. The van der Waals surface area contributed by atoms with Gasteiger partial charge in [-0.25, -0.2) is 4.79 Å². The molecule has 0 unspecified atom stereocenters. The Bertz CT molecular complexity index is 1080. The maximum atomic E-state index is 13.5. The number of fused-ring (bicyclic) bond motifs is 3. The first-order valence-corrected chi connectivity index (χ1v) is 13.0. The van der Waals surface area contributed by atoms with Gasteiger partial charge in [-0.3, -0.25) is 4.90 Å². The number of carbonyl (C=O) groups excluding carboxylic acids is 1. The van der Waals surface area contributed by atoms with Crippen LogP contribution >= 0.6 is 11.3 Å². The van der Waals surface area contributed by atoms with Crippen LogP contribution in [0.5, 0.6) is 5.75 Å². The Morgan fingerprint density at radius 1 is 1.00 bits per heavy atom. The highest BCUT2D eigenvalue weighted by Crippen LogP contribution is 2.36. The number of benzene rings is 2. The molecule has 1 aromatic heterocycles. The molecule has 7 heteroatoms. The molecule has 0 aliphatic carbocycles. The summed E-state index contributed by atoms with van der Waals surface area (Å²) < 4.78 is 13.2. The van der Waals surface area contributed by atoms with E-state index >= 15 is 0 Å². The minimum Gasteiger partial charge on any atom is -1.00 e. The zero-order valence-corrected chi connectivity index (χ0v) is 22.5. The van der Waals surface area contributed by atoms with Crippen LogP contribution in [0.3, 0.4) is 0 Å². The van der Waals surface area contributed by atoms with Crippen molar-refractivity contribution >= 4 is 23.1 Å². The summed E-state index contributed by atoms with van der Waals surface area (Å²) in [5.74, 6) is 1.37. The number of rotatable bonds is 8. The number of hydrogen-bond donors (Lipinski definition) is 0. The van der Waals surface area contributed by atoms with Gasteiger partial charge in [-0.2, -0.15) is 0 Å². The van der Waals surface area contributed by atoms with Crippen LogP contribution in [0.1, 0.15) is 22.6 Å². The molecule has 3 aliphatic heterocycles. The first-order chi connectivity index (χ1) is 16.6. The van der Waals surface area contributed by atoms with Gasteiger partial charge in [0.05, 0.1) is 19.6 Å². The number of carbonyl (C=O) groups is 1. The lowest BCUT2D eigenvalue weighted by Crippen LogP contribution is -3.00. The van der Waals surface area contributed by atoms with Gasteiger partial charge < -0.3 is 30.9 Å². The Hall–Kier alpha value is -2.35. The number of para-hydroxylation sites is 2. The topological polar surface area (TPSA) is 38.8 Å². The van der Waals surface area contributed by atoms with E-state index in [4.69, 9.17) is 9.47 Å². The molecule has 0 spiro atoms. The van der Waals surface area contributed by atoms with Gasteiger partial charge in [0.25, 0.3) is 0 Å². The number of thiophene rings is 1. The number of ether oxygens (including phenoxy) is 2. The summed E-state index contributed by atoms with van der Waals surface area (Å²) in [5, 5.41) is 0. The van der Waals surface area contributed by atoms with Crippen LogP contribution in [0.15, 0.2) is 72.8 Å². The van der Waals surface area contributed by atoms with Crippen molar-refractivity contribution in [2.45, 2.75) is 32.4 Å². The average molecular weight is 558 g/mol. The largest absolute Gasteiger partial charge is 1.00 e. The molecule has 5 nitrogen and oxygen atoms in total. The quantitative estimate of drug-likeness (QED) is 0.400. The number of hydrogen-bond acceptors (Lipinski definition) is 4. The number of aryl methyl sites for hydroxylation is 1. The molecular weight excluding hydrogens is 524 g/mol. The summed E-state index contributed by atoms with van der Waals surface area (Å²) in [5.41, 5.74) is 0.875. The molecule has 0 saturated carbocycles. The number of nitrogens with zero attached hydrogens (tertiary/aromatic N) is 2. The number of amides is 1. The van der Waals surface area contributed by atoms with E-state index in [-0.39, 0.29) is 29.2 Å². The van der Waals surface area contributed by atoms with Crippen LogP contribution in [0.25, 0.3) is 0 Å². The molecule has 1 atom stereocenters. The van der Waals surface area contributed by atoms with Crippen molar-refractivity contribution < 1.29 is 35.7 Å². The van der Waals surface area contributed by atoms with E-state index in [2.05, 4.69) is 19.1 Å². The number of piperidine rings is 3. The second-order valence-corrected chi connectivity index (χ2v) is 10.9. The third-order valence-corrected chi connectivity index (χ3v) is 8.25. The normalized spacial score (nSPS) is 22.8. The lowest BCUT2D eigenvalue weighted by Gasteiger charge is -2.52. The summed E-state index contributed by atoms with van der Waals surface area (Å²) in [6, 6.07) is 24.1. The van der Waals surface area contributed by atoms with Crippen LogP contribution in [0, 0.1) is 12.8 Å². The molecule has 3 saturated heterocycles. The molecule has 6 rings (SSSR count). The summed E-state index contributed by atoms with van der Waals surface area (Å²) in [7, 11) is 0. The predicted octanol–water partition coefficient (Wildman–Crippen LogP) is 2.89. The maximum absolute atomic E-state index is 13.5. The molecule has 3 aliphatic rings. The third kappa shape index (κ3) is 6.26. The fraction of sp³-hybridized carbons (Fsp3) is 0.393. The van der Waals surface area contributed by atoms with Gasteiger partial charge in [0.1, 0.15) is 25.4 Å². The van der Waals surface area contributed by atoms with E-state index in [1.807, 2.05) is 60.7 Å². The highest BCUT2D eigenvalue weighted by Gasteiger charge is 2.47. The third-order valence-electron chi connectivity index (χ3n) is 7.27. The smallest absolute Gasteiger partial charge is 0.415 e. The van der Waals surface area contributed by atoms with Gasteiger partial charge in [-0.1, -0.05) is 36.4 Å². The molecule has 3 fully saturated rings. The Kier molecular flexibility index (Phi) is 8.52. The highest BCUT2D eigenvalue weighted by molar-refractivity contribution is 7.11. The van der Waals surface area contributed by atoms with Crippen LogP contribution in [-0.2, 0) is 11.3 Å². The van der Waals surface area contributed by atoms with Gasteiger partial charge >= 0.3 is 6.09 Å². The molecule has 0 N–H and O–H groups in total. The van der Waals surface area contributed by atoms with Gasteiger partial charge in [0.15, 0.2) is 6.10 Å². The first-order valence-electron chi connectivity index (χ1n) is 12.2. The molecule has 4 heterocycles. The Morgan fingerprint density at radius 3 is 2.34 bits per heavy atom. The van der Waals surface area contributed by atoms with Gasteiger partial charge in [0.2, 0.25) is 0 Å². The van der Waals surface area contributed by atoms with E-state index in [9.17, 15) is 4.79 Å². The number of anilines is 1. The first kappa shape index (κ1) is 25.7. The van der Waals surface area contributed by atoms with Crippen molar-refractivity contribution in [1.29, 1.82) is 0 Å². The van der Waals surface area contributed by atoms with Crippen LogP contribution < -0.4 is 26.6 Å². The zero-order chi connectivity index (χ0) is 23.4. The van der Waals surface area contributed by atoms with Crippen molar-refractivity contribution in [3.05, 3.63) is 82.6 Å². The molecule has 186 valence electrons. The van der Waals surface area contributed by atoms with Gasteiger partial charge in [-0.05, 0) is 43.3 Å². The van der Waals surface area contributed by atoms with E-state index in [1.54, 1.807) is 16.2 Å². The molecule has 3 aromatic rings. The molecule has 1 amide bonds. The van der Waals surface area contributed by atoms with E-state index in [0.29, 0.717) is 19.1 Å². The van der Waals surface area contributed by atoms with Crippen LogP contribution in [0.4, 0.5) is 10.5 Å². The molecule has 35 heavy (non-hydrogen) atoms. The minimum absolute atomic E-state index is 0. The Labute approximate surface area is 222 Å². The second kappa shape index (κ2) is 11.6. The second-order valence-electron chi connectivity index (χ2n) is 9.55. The van der Waals surface area contributed by atoms with E-state index in [1.165, 1.54) is 4.88 Å². The van der Waals surface area contributed by atoms with Crippen LogP contribution in [0.2, 0.25) is 0 Å². The predicted molar refractivity (Wildman–Crippen MR) is 136 cm³/mol. The monoisotopic (exact) mass is 556 g/mol. The van der Waals surface area contributed by atoms with Gasteiger partial charge in [-0.15, -0.1) is 11.3 Å². The molecule has 2 bridgehead atoms. The summed E-state index contributed by atoms with van der Waals surface area (Å²) in [6.45, 7) is 7.44. The van der Waals surface area contributed by atoms with E-state index < -0.39 is 0 Å². The van der Waals surface area contributed by atoms with Crippen molar-refractivity contribution in [2.75, 3.05) is 37.7 Å². The lowest BCUT2D eigenvalue weighted by atomic mass is 9.83. The number of quaternary nitrogens is 1. The SMILES string of the molecule is Cc1ccc(CN(C(=O)O[C@H]2C[N+]3(CCOc4ccccc4)CCC2CC3)c2ccccc2)s1.[Br-]. The number of halogens is 1. The van der Waals surface area contributed by atoms with Gasteiger partial charge in [0, 0.05) is 34.2 Å². The minimum atomic E-state index is -0.241. The fourth-order valence-electron chi connectivity index (χ4n) is 5.33. The molecule has 2 aromatic carbocycles. The highest BCUT2D eigenvalue weighted by atomic mass is 79.9.